The summed E-state index contributed by atoms with van der Waals surface area (Å²) < 4.78 is 11.5. The summed E-state index contributed by atoms with van der Waals surface area (Å²) in [5.41, 5.74) is 0.814. The molecule has 1 atom stereocenters. The maximum Gasteiger partial charge on any atom is 0.225 e. The van der Waals surface area contributed by atoms with E-state index in [4.69, 9.17) is 9.47 Å². The van der Waals surface area contributed by atoms with Gasteiger partial charge in [0.2, 0.25) is 5.79 Å². The lowest BCUT2D eigenvalue weighted by atomic mass is 9.99. The smallest absolute Gasteiger partial charge is 0.225 e. The number of rotatable bonds is 4. The minimum Gasteiger partial charge on any atom is -0.339 e. The third-order valence-electron chi connectivity index (χ3n) is 2.71. The Hall–Kier alpha value is -1.12. The van der Waals surface area contributed by atoms with Gasteiger partial charge >= 0.3 is 0 Å². The Balaban J connectivity index is 2.26. The van der Waals surface area contributed by atoms with Crippen LogP contribution in [0.3, 0.4) is 0 Å². The van der Waals surface area contributed by atoms with Crippen LogP contribution in [0.1, 0.15) is 19.4 Å². The topological polar surface area (TPSA) is 21.8 Å². The zero-order valence-corrected chi connectivity index (χ0v) is 9.19. The summed E-state index contributed by atoms with van der Waals surface area (Å²) in [5.74, 6) is -0.581. The Morgan fingerprint density at radius 1 is 1.33 bits per heavy atom. The van der Waals surface area contributed by atoms with Crippen molar-refractivity contribution in [2.24, 2.45) is 0 Å². The van der Waals surface area contributed by atoms with Crippen LogP contribution in [0, 0.1) is 0 Å². The summed E-state index contributed by atoms with van der Waals surface area (Å²) in [7, 11) is 0. The molecule has 1 aliphatic rings. The van der Waals surface area contributed by atoms with Crippen molar-refractivity contribution in [3.8, 4) is 0 Å². The molecule has 1 saturated heterocycles. The Morgan fingerprint density at radius 2 is 1.93 bits per heavy atom. The molecule has 2 nitrogen and oxygen atoms in total. The molecule has 1 heterocycles. The van der Waals surface area contributed by atoms with Crippen LogP contribution < -0.4 is 0 Å². The molecule has 0 aromatic heterocycles. The highest BCUT2D eigenvalue weighted by Gasteiger charge is 2.66. The van der Waals surface area contributed by atoms with Gasteiger partial charge in [-0.1, -0.05) is 36.4 Å². The zero-order valence-electron chi connectivity index (χ0n) is 9.19. The van der Waals surface area contributed by atoms with E-state index in [-0.39, 0.29) is 5.60 Å². The van der Waals surface area contributed by atoms with Crippen molar-refractivity contribution in [3.05, 3.63) is 48.6 Å². The lowest BCUT2D eigenvalue weighted by Crippen LogP contribution is -2.22. The third kappa shape index (κ3) is 1.60. The summed E-state index contributed by atoms with van der Waals surface area (Å²) in [4.78, 5) is 0. The first-order chi connectivity index (χ1) is 7.12. The zero-order chi connectivity index (χ0) is 10.9. The molecule has 1 fully saturated rings. The normalized spacial score (nSPS) is 27.3. The Kier molecular flexibility index (Phi) is 2.41. The summed E-state index contributed by atoms with van der Waals surface area (Å²) in [5, 5.41) is 0. The highest BCUT2D eigenvalue weighted by molar-refractivity contribution is 5.29. The van der Waals surface area contributed by atoms with E-state index in [2.05, 4.69) is 6.58 Å². The average Bonchev–Trinajstić information content (AvgIpc) is 2.81. The van der Waals surface area contributed by atoms with E-state index in [1.54, 1.807) is 6.08 Å². The van der Waals surface area contributed by atoms with Gasteiger partial charge in [0.05, 0.1) is 6.61 Å². The summed E-state index contributed by atoms with van der Waals surface area (Å²) in [6.45, 7) is 8.21. The van der Waals surface area contributed by atoms with E-state index in [1.165, 1.54) is 0 Å². The minimum atomic E-state index is -0.581. The molecule has 1 unspecified atom stereocenters. The predicted molar refractivity (Wildman–Crippen MR) is 59.4 cm³/mol. The Bertz CT molecular complexity index is 356. The Morgan fingerprint density at radius 3 is 2.40 bits per heavy atom. The first kappa shape index (κ1) is 10.4. The number of hydrogen-bond donors (Lipinski definition) is 0. The van der Waals surface area contributed by atoms with Crippen LogP contribution in [0.15, 0.2) is 43.0 Å². The molecule has 0 bridgehead atoms. The predicted octanol–water partition coefficient (Wildman–Crippen LogP) is 2.85. The SMILES string of the molecule is C=CCOC1(c2ccccc2)OC1(C)C. The van der Waals surface area contributed by atoms with Crippen molar-refractivity contribution in [3.63, 3.8) is 0 Å². The number of epoxide rings is 1. The summed E-state index contributed by atoms with van der Waals surface area (Å²) in [6.07, 6.45) is 1.74. The molecule has 0 aliphatic carbocycles. The largest absolute Gasteiger partial charge is 0.339 e. The van der Waals surface area contributed by atoms with Crippen LogP contribution in [0.5, 0.6) is 0 Å². The molecule has 0 amide bonds. The molecular formula is C13H16O2. The van der Waals surface area contributed by atoms with E-state index < -0.39 is 5.79 Å². The molecule has 0 N–H and O–H groups in total. The van der Waals surface area contributed by atoms with Gasteiger partial charge in [0.1, 0.15) is 5.60 Å². The van der Waals surface area contributed by atoms with Crippen LogP contribution in [0.25, 0.3) is 0 Å². The van der Waals surface area contributed by atoms with Crippen LogP contribution in [-0.2, 0) is 15.3 Å². The molecule has 80 valence electrons. The number of ether oxygens (including phenoxy) is 2. The van der Waals surface area contributed by atoms with Crippen molar-refractivity contribution in [2.75, 3.05) is 6.61 Å². The molecule has 2 heteroatoms. The molecule has 1 aromatic rings. The summed E-state index contributed by atoms with van der Waals surface area (Å²) >= 11 is 0. The monoisotopic (exact) mass is 204 g/mol. The second-order valence-corrected chi connectivity index (χ2v) is 4.19. The average molecular weight is 204 g/mol. The number of hydrogen-bond acceptors (Lipinski definition) is 2. The van der Waals surface area contributed by atoms with E-state index in [0.29, 0.717) is 6.61 Å². The van der Waals surface area contributed by atoms with Gasteiger partial charge in [-0.3, -0.25) is 0 Å². The fourth-order valence-electron chi connectivity index (χ4n) is 1.86. The van der Waals surface area contributed by atoms with E-state index in [1.807, 2.05) is 44.2 Å². The van der Waals surface area contributed by atoms with E-state index in [0.717, 1.165) is 5.56 Å². The van der Waals surface area contributed by atoms with Crippen molar-refractivity contribution >= 4 is 0 Å². The molecular weight excluding hydrogens is 188 g/mol. The van der Waals surface area contributed by atoms with Crippen LogP contribution >= 0.6 is 0 Å². The lowest BCUT2D eigenvalue weighted by Gasteiger charge is -2.15. The molecule has 15 heavy (non-hydrogen) atoms. The third-order valence-corrected chi connectivity index (χ3v) is 2.71. The van der Waals surface area contributed by atoms with Crippen LogP contribution in [0.4, 0.5) is 0 Å². The van der Waals surface area contributed by atoms with Crippen molar-refractivity contribution in [2.45, 2.75) is 25.2 Å². The molecule has 0 saturated carbocycles. The van der Waals surface area contributed by atoms with E-state index in [9.17, 15) is 0 Å². The molecule has 0 spiro atoms. The highest BCUT2D eigenvalue weighted by atomic mass is 16.8. The molecule has 1 aromatic carbocycles. The maximum absolute atomic E-state index is 5.75. The van der Waals surface area contributed by atoms with Crippen molar-refractivity contribution in [1.29, 1.82) is 0 Å². The van der Waals surface area contributed by atoms with Gasteiger partial charge in [-0.2, -0.15) is 0 Å². The van der Waals surface area contributed by atoms with Crippen molar-refractivity contribution in [1.82, 2.24) is 0 Å². The summed E-state index contributed by atoms with van der Waals surface area (Å²) in [6, 6.07) is 10.0. The van der Waals surface area contributed by atoms with Gasteiger partial charge in [0.25, 0.3) is 0 Å². The van der Waals surface area contributed by atoms with Gasteiger partial charge < -0.3 is 9.47 Å². The van der Waals surface area contributed by atoms with Crippen LogP contribution in [0.2, 0.25) is 0 Å². The molecule has 2 rings (SSSR count). The minimum absolute atomic E-state index is 0.253. The van der Waals surface area contributed by atoms with Gasteiger partial charge in [0, 0.05) is 5.56 Å². The van der Waals surface area contributed by atoms with Gasteiger partial charge in [-0.15, -0.1) is 6.58 Å². The fraction of sp³-hybridized carbons (Fsp3) is 0.385. The Labute approximate surface area is 90.5 Å². The first-order valence-electron chi connectivity index (χ1n) is 5.13. The standard InChI is InChI=1S/C13H16O2/c1-4-10-14-13(12(2,3)15-13)11-8-6-5-7-9-11/h4-9H,1,10H2,2-3H3. The van der Waals surface area contributed by atoms with Gasteiger partial charge in [0.15, 0.2) is 0 Å². The highest BCUT2D eigenvalue weighted by Crippen LogP contribution is 2.56. The van der Waals surface area contributed by atoms with Crippen molar-refractivity contribution < 1.29 is 9.47 Å². The molecule has 1 aliphatic heterocycles. The van der Waals surface area contributed by atoms with Gasteiger partial charge in [-0.25, -0.2) is 0 Å². The fourth-order valence-corrected chi connectivity index (χ4v) is 1.86. The number of benzene rings is 1. The van der Waals surface area contributed by atoms with Gasteiger partial charge in [-0.05, 0) is 13.8 Å². The first-order valence-corrected chi connectivity index (χ1v) is 5.13. The quantitative estimate of drug-likeness (QED) is 0.555. The lowest BCUT2D eigenvalue weighted by molar-refractivity contribution is -0.0349. The second kappa shape index (κ2) is 3.47. The second-order valence-electron chi connectivity index (χ2n) is 4.19. The van der Waals surface area contributed by atoms with E-state index >= 15 is 0 Å². The molecule has 0 radical (unpaired) electrons. The maximum atomic E-state index is 5.75. The van der Waals surface area contributed by atoms with Crippen LogP contribution in [-0.4, -0.2) is 12.2 Å².